The van der Waals surface area contributed by atoms with E-state index in [1.54, 1.807) is 32.2 Å². The van der Waals surface area contributed by atoms with Gasteiger partial charge in [-0.1, -0.05) is 13.3 Å². The van der Waals surface area contributed by atoms with Gasteiger partial charge < -0.3 is 20.5 Å². The fraction of sp³-hybridized carbons (Fsp3) is 0.500. The Morgan fingerprint density at radius 3 is 2.79 bits per heavy atom. The molecular weight excluding hydrogens is 244 g/mol. The predicted molar refractivity (Wildman–Crippen MR) is 75.4 cm³/mol. The highest BCUT2D eigenvalue weighted by atomic mass is 16.5. The highest BCUT2D eigenvalue weighted by molar-refractivity contribution is 5.80. The standard InChI is InChI=1S/C14H22N2O3/c1-4-5-8-16-14(17)10(2)19-13-7-6-11(18-3)9-12(13)15/h6-7,9-10H,4-5,8,15H2,1-3H3,(H,16,17). The van der Waals surface area contributed by atoms with Gasteiger partial charge in [-0.15, -0.1) is 0 Å². The first-order valence-electron chi connectivity index (χ1n) is 6.46. The Kier molecular flexibility index (Phi) is 5.99. The topological polar surface area (TPSA) is 73.6 Å². The Hall–Kier alpha value is -1.91. The van der Waals surface area contributed by atoms with Gasteiger partial charge in [0.1, 0.15) is 11.5 Å². The summed E-state index contributed by atoms with van der Waals surface area (Å²) in [5.41, 5.74) is 6.28. The van der Waals surface area contributed by atoms with Crippen molar-refractivity contribution in [2.24, 2.45) is 0 Å². The van der Waals surface area contributed by atoms with E-state index in [9.17, 15) is 4.79 Å². The summed E-state index contributed by atoms with van der Waals surface area (Å²) in [5.74, 6) is 1.01. The summed E-state index contributed by atoms with van der Waals surface area (Å²) in [6.45, 7) is 4.44. The monoisotopic (exact) mass is 266 g/mol. The van der Waals surface area contributed by atoms with E-state index in [0.717, 1.165) is 12.8 Å². The first kappa shape index (κ1) is 15.1. The molecule has 0 saturated heterocycles. The van der Waals surface area contributed by atoms with Crippen molar-refractivity contribution in [3.05, 3.63) is 18.2 Å². The van der Waals surface area contributed by atoms with E-state index in [2.05, 4.69) is 12.2 Å². The number of anilines is 1. The molecule has 0 aliphatic carbocycles. The number of carbonyl (C=O) groups is 1. The molecule has 1 atom stereocenters. The van der Waals surface area contributed by atoms with Gasteiger partial charge in [-0.2, -0.15) is 0 Å². The van der Waals surface area contributed by atoms with Crippen LogP contribution in [0.4, 0.5) is 5.69 Å². The molecule has 1 amide bonds. The molecule has 1 aromatic carbocycles. The number of ether oxygens (including phenoxy) is 2. The van der Waals surface area contributed by atoms with Gasteiger partial charge in [-0.3, -0.25) is 4.79 Å². The van der Waals surface area contributed by atoms with Gasteiger partial charge in [0, 0.05) is 12.6 Å². The number of rotatable bonds is 7. The number of hydrogen-bond acceptors (Lipinski definition) is 4. The van der Waals surface area contributed by atoms with Crippen LogP contribution in [0.25, 0.3) is 0 Å². The summed E-state index contributed by atoms with van der Waals surface area (Å²) in [4.78, 5) is 11.8. The van der Waals surface area contributed by atoms with Crippen LogP contribution in [0.5, 0.6) is 11.5 Å². The Labute approximate surface area is 114 Å². The zero-order chi connectivity index (χ0) is 14.3. The summed E-state index contributed by atoms with van der Waals surface area (Å²) >= 11 is 0. The second kappa shape index (κ2) is 7.51. The van der Waals surface area contributed by atoms with Crippen LogP contribution < -0.4 is 20.5 Å². The number of hydrogen-bond donors (Lipinski definition) is 2. The molecule has 0 fully saturated rings. The predicted octanol–water partition coefficient (Wildman–Crippen LogP) is 1.96. The number of methoxy groups -OCH3 is 1. The quantitative estimate of drug-likeness (QED) is 0.584. The van der Waals surface area contributed by atoms with Gasteiger partial charge >= 0.3 is 0 Å². The van der Waals surface area contributed by atoms with E-state index >= 15 is 0 Å². The summed E-state index contributed by atoms with van der Waals surface area (Å²) in [6, 6.07) is 5.11. The van der Waals surface area contributed by atoms with E-state index in [0.29, 0.717) is 23.7 Å². The van der Waals surface area contributed by atoms with Crippen LogP contribution >= 0.6 is 0 Å². The number of unbranched alkanes of at least 4 members (excludes halogenated alkanes) is 1. The lowest BCUT2D eigenvalue weighted by Gasteiger charge is -2.16. The molecule has 19 heavy (non-hydrogen) atoms. The Balaban J connectivity index is 2.56. The van der Waals surface area contributed by atoms with E-state index < -0.39 is 6.10 Å². The first-order valence-corrected chi connectivity index (χ1v) is 6.46. The van der Waals surface area contributed by atoms with Gasteiger partial charge in [0.25, 0.3) is 5.91 Å². The Morgan fingerprint density at radius 2 is 2.21 bits per heavy atom. The summed E-state index contributed by atoms with van der Waals surface area (Å²) in [6.07, 6.45) is 1.43. The van der Waals surface area contributed by atoms with Gasteiger partial charge in [-0.25, -0.2) is 0 Å². The molecule has 0 aliphatic rings. The minimum atomic E-state index is -0.576. The second-order valence-electron chi connectivity index (χ2n) is 4.31. The molecule has 0 radical (unpaired) electrons. The SMILES string of the molecule is CCCCNC(=O)C(C)Oc1ccc(OC)cc1N. The molecular formula is C14H22N2O3. The Morgan fingerprint density at radius 1 is 1.47 bits per heavy atom. The number of nitrogen functional groups attached to an aromatic ring is 1. The average molecular weight is 266 g/mol. The number of nitrogens with one attached hydrogen (secondary N) is 1. The zero-order valence-electron chi connectivity index (χ0n) is 11.7. The van der Waals surface area contributed by atoms with E-state index in [4.69, 9.17) is 15.2 Å². The molecule has 5 nitrogen and oxygen atoms in total. The fourth-order valence-corrected chi connectivity index (χ4v) is 1.54. The van der Waals surface area contributed by atoms with Crippen molar-refractivity contribution >= 4 is 11.6 Å². The highest BCUT2D eigenvalue weighted by Gasteiger charge is 2.15. The largest absolute Gasteiger partial charge is 0.497 e. The van der Waals surface area contributed by atoms with Crippen LogP contribution in [0.2, 0.25) is 0 Å². The number of benzene rings is 1. The van der Waals surface area contributed by atoms with Crippen molar-refractivity contribution in [1.29, 1.82) is 0 Å². The number of nitrogens with two attached hydrogens (primary N) is 1. The van der Waals surface area contributed by atoms with Crippen molar-refractivity contribution in [2.45, 2.75) is 32.8 Å². The van der Waals surface area contributed by atoms with Gasteiger partial charge in [-0.05, 0) is 25.5 Å². The normalized spacial score (nSPS) is 11.7. The molecule has 1 rings (SSSR count). The minimum absolute atomic E-state index is 0.135. The Bertz CT molecular complexity index is 421. The first-order chi connectivity index (χ1) is 9.08. The van der Waals surface area contributed by atoms with Crippen LogP contribution in [0.15, 0.2) is 18.2 Å². The van der Waals surface area contributed by atoms with E-state index in [1.807, 2.05) is 0 Å². The third-order valence-corrected chi connectivity index (χ3v) is 2.72. The molecule has 0 spiro atoms. The van der Waals surface area contributed by atoms with Gasteiger partial charge in [0.2, 0.25) is 0 Å². The molecule has 3 N–H and O–H groups in total. The van der Waals surface area contributed by atoms with E-state index in [-0.39, 0.29) is 5.91 Å². The van der Waals surface area contributed by atoms with Crippen molar-refractivity contribution in [3.8, 4) is 11.5 Å². The highest BCUT2D eigenvalue weighted by Crippen LogP contribution is 2.27. The number of amides is 1. The molecule has 1 aromatic rings. The lowest BCUT2D eigenvalue weighted by atomic mass is 10.2. The van der Waals surface area contributed by atoms with Crippen LogP contribution in [-0.2, 0) is 4.79 Å². The molecule has 0 saturated carbocycles. The smallest absolute Gasteiger partial charge is 0.260 e. The van der Waals surface area contributed by atoms with E-state index in [1.165, 1.54) is 0 Å². The summed E-state index contributed by atoms with van der Waals surface area (Å²) in [7, 11) is 1.57. The van der Waals surface area contributed by atoms with Crippen LogP contribution in [0.3, 0.4) is 0 Å². The molecule has 1 unspecified atom stereocenters. The fourth-order valence-electron chi connectivity index (χ4n) is 1.54. The van der Waals surface area contributed by atoms with Gasteiger partial charge in [0.15, 0.2) is 6.10 Å². The zero-order valence-corrected chi connectivity index (χ0v) is 11.7. The van der Waals surface area contributed by atoms with Crippen LogP contribution in [-0.4, -0.2) is 25.7 Å². The molecule has 0 heterocycles. The van der Waals surface area contributed by atoms with Crippen molar-refractivity contribution < 1.29 is 14.3 Å². The summed E-state index contributed by atoms with van der Waals surface area (Å²) in [5, 5.41) is 2.82. The van der Waals surface area contributed by atoms with Crippen molar-refractivity contribution in [1.82, 2.24) is 5.32 Å². The average Bonchev–Trinajstić information content (AvgIpc) is 2.41. The van der Waals surface area contributed by atoms with Gasteiger partial charge in [0.05, 0.1) is 12.8 Å². The second-order valence-corrected chi connectivity index (χ2v) is 4.31. The maximum Gasteiger partial charge on any atom is 0.260 e. The molecule has 0 bridgehead atoms. The molecule has 5 heteroatoms. The minimum Gasteiger partial charge on any atom is -0.497 e. The van der Waals surface area contributed by atoms with Crippen LogP contribution in [0.1, 0.15) is 26.7 Å². The third kappa shape index (κ3) is 4.69. The van der Waals surface area contributed by atoms with Crippen molar-refractivity contribution in [2.75, 3.05) is 19.4 Å². The maximum atomic E-state index is 11.8. The lowest BCUT2D eigenvalue weighted by molar-refractivity contribution is -0.127. The maximum absolute atomic E-state index is 11.8. The third-order valence-electron chi connectivity index (χ3n) is 2.72. The van der Waals surface area contributed by atoms with Crippen molar-refractivity contribution in [3.63, 3.8) is 0 Å². The summed E-state index contributed by atoms with van der Waals surface area (Å²) < 4.78 is 10.6. The lowest BCUT2D eigenvalue weighted by Crippen LogP contribution is -2.36. The molecule has 106 valence electrons. The molecule has 0 aliphatic heterocycles. The van der Waals surface area contributed by atoms with Crippen LogP contribution in [0, 0.1) is 0 Å². The molecule has 0 aromatic heterocycles. The number of carbonyl (C=O) groups excluding carboxylic acids is 1.